The van der Waals surface area contributed by atoms with E-state index in [-0.39, 0.29) is 18.5 Å². The SMILES string of the molecule is O=C(O)CCCCCCNC(=O)N1CCC(N(c2ccccc2)c2ccc(C(F)(F)F)cc2)CC1. The number of carbonyl (C=O) groups is 2. The fourth-order valence-corrected chi connectivity index (χ4v) is 4.36. The third-order valence-corrected chi connectivity index (χ3v) is 6.22. The van der Waals surface area contributed by atoms with Crippen molar-refractivity contribution < 1.29 is 27.9 Å². The molecule has 1 aliphatic heterocycles. The summed E-state index contributed by atoms with van der Waals surface area (Å²) < 4.78 is 39.1. The number of hydrogen-bond donors (Lipinski definition) is 2. The van der Waals surface area contributed by atoms with Crippen LogP contribution in [0, 0.1) is 0 Å². The van der Waals surface area contributed by atoms with Crippen LogP contribution in [0.4, 0.5) is 29.3 Å². The van der Waals surface area contributed by atoms with Crippen molar-refractivity contribution in [2.24, 2.45) is 0 Å². The number of amides is 2. The summed E-state index contributed by atoms with van der Waals surface area (Å²) in [6.45, 7) is 1.66. The number of anilines is 2. The first-order chi connectivity index (χ1) is 16.8. The summed E-state index contributed by atoms with van der Waals surface area (Å²) in [5.74, 6) is -0.786. The molecule has 0 aliphatic carbocycles. The molecule has 6 nitrogen and oxygen atoms in total. The number of hydrogen-bond acceptors (Lipinski definition) is 3. The van der Waals surface area contributed by atoms with Crippen molar-refractivity contribution in [3.63, 3.8) is 0 Å². The number of unbranched alkanes of at least 4 members (excludes halogenated alkanes) is 3. The maximum absolute atomic E-state index is 13.0. The predicted molar refractivity (Wildman–Crippen MR) is 129 cm³/mol. The third kappa shape index (κ3) is 7.90. The molecule has 9 heteroatoms. The van der Waals surface area contributed by atoms with Crippen LogP contribution in [0.25, 0.3) is 0 Å². The van der Waals surface area contributed by atoms with Gasteiger partial charge in [0, 0.05) is 43.5 Å². The van der Waals surface area contributed by atoms with Crippen molar-refractivity contribution in [1.82, 2.24) is 10.2 Å². The van der Waals surface area contributed by atoms with E-state index in [4.69, 9.17) is 5.11 Å². The maximum Gasteiger partial charge on any atom is 0.416 e. The molecule has 0 bridgehead atoms. The number of carboxylic acids is 1. The number of rotatable bonds is 10. The van der Waals surface area contributed by atoms with Gasteiger partial charge in [0.05, 0.1) is 5.56 Å². The molecular formula is C26H32F3N3O3. The summed E-state index contributed by atoms with van der Waals surface area (Å²) in [7, 11) is 0. The van der Waals surface area contributed by atoms with Crippen LogP contribution < -0.4 is 10.2 Å². The molecule has 0 radical (unpaired) electrons. The van der Waals surface area contributed by atoms with Crippen molar-refractivity contribution in [3.05, 3.63) is 60.2 Å². The Labute approximate surface area is 203 Å². The first-order valence-corrected chi connectivity index (χ1v) is 12.0. The Hall–Kier alpha value is -3.23. The molecule has 2 N–H and O–H groups in total. The zero-order chi connectivity index (χ0) is 25.3. The monoisotopic (exact) mass is 491 g/mol. The molecule has 0 saturated carbocycles. The summed E-state index contributed by atoms with van der Waals surface area (Å²) >= 11 is 0. The molecule has 1 heterocycles. The molecule has 0 spiro atoms. The van der Waals surface area contributed by atoms with Gasteiger partial charge in [-0.1, -0.05) is 31.0 Å². The lowest BCUT2D eigenvalue weighted by Gasteiger charge is -2.40. The highest BCUT2D eigenvalue weighted by Crippen LogP contribution is 2.35. The lowest BCUT2D eigenvalue weighted by Crippen LogP contribution is -2.48. The van der Waals surface area contributed by atoms with E-state index in [9.17, 15) is 22.8 Å². The number of urea groups is 1. The number of piperidine rings is 1. The molecule has 190 valence electrons. The first-order valence-electron chi connectivity index (χ1n) is 12.0. The summed E-state index contributed by atoms with van der Waals surface area (Å²) in [4.78, 5) is 26.9. The van der Waals surface area contributed by atoms with E-state index in [1.165, 1.54) is 12.1 Å². The number of carbonyl (C=O) groups excluding carboxylic acids is 1. The second-order valence-electron chi connectivity index (χ2n) is 8.76. The summed E-state index contributed by atoms with van der Waals surface area (Å²) in [6, 6.07) is 14.7. The fourth-order valence-electron chi connectivity index (χ4n) is 4.36. The second-order valence-corrected chi connectivity index (χ2v) is 8.76. The minimum Gasteiger partial charge on any atom is -0.481 e. The summed E-state index contributed by atoms with van der Waals surface area (Å²) in [6.07, 6.45) is 0.324. The van der Waals surface area contributed by atoms with E-state index in [0.29, 0.717) is 44.6 Å². The van der Waals surface area contributed by atoms with Gasteiger partial charge in [-0.25, -0.2) is 4.79 Å². The smallest absolute Gasteiger partial charge is 0.416 e. The van der Waals surface area contributed by atoms with Gasteiger partial charge in [-0.15, -0.1) is 0 Å². The number of para-hydroxylation sites is 1. The standard InChI is InChI=1S/C26H32F3N3O3/c27-26(28,29)20-11-13-22(14-12-20)32(21-8-4-3-5-9-21)23-15-18-31(19-16-23)25(35)30-17-7-2-1-6-10-24(33)34/h3-5,8-9,11-14,23H,1-2,6-7,10,15-19H2,(H,30,35)(H,33,34). The number of alkyl halides is 3. The Balaban J connectivity index is 1.54. The number of aliphatic carboxylic acids is 1. The Kier molecular flexibility index (Phi) is 9.39. The number of likely N-dealkylation sites (tertiary alicyclic amines) is 1. The quantitative estimate of drug-likeness (QED) is 0.397. The molecule has 1 aliphatic rings. The predicted octanol–water partition coefficient (Wildman–Crippen LogP) is 6.05. The Morgan fingerprint density at radius 1 is 0.914 bits per heavy atom. The Morgan fingerprint density at radius 2 is 1.51 bits per heavy atom. The minimum atomic E-state index is -4.38. The van der Waals surface area contributed by atoms with Crippen LogP contribution >= 0.6 is 0 Å². The molecule has 1 saturated heterocycles. The van der Waals surface area contributed by atoms with Crippen LogP contribution in [0.3, 0.4) is 0 Å². The van der Waals surface area contributed by atoms with E-state index >= 15 is 0 Å². The fraction of sp³-hybridized carbons (Fsp3) is 0.462. The van der Waals surface area contributed by atoms with Crippen LogP contribution in [0.2, 0.25) is 0 Å². The van der Waals surface area contributed by atoms with Crippen molar-refractivity contribution in [1.29, 1.82) is 0 Å². The highest BCUT2D eigenvalue weighted by molar-refractivity contribution is 5.74. The zero-order valence-electron chi connectivity index (χ0n) is 19.6. The highest BCUT2D eigenvalue weighted by Gasteiger charge is 2.31. The Bertz CT molecular complexity index is 944. The molecular weight excluding hydrogens is 459 g/mol. The van der Waals surface area contributed by atoms with Crippen molar-refractivity contribution >= 4 is 23.4 Å². The van der Waals surface area contributed by atoms with Gasteiger partial charge in [-0.2, -0.15) is 13.2 Å². The van der Waals surface area contributed by atoms with Gasteiger partial charge in [-0.05, 0) is 62.1 Å². The van der Waals surface area contributed by atoms with E-state index < -0.39 is 17.7 Å². The van der Waals surface area contributed by atoms with Gasteiger partial charge >= 0.3 is 18.2 Å². The molecule has 1 fully saturated rings. The van der Waals surface area contributed by atoms with Crippen molar-refractivity contribution in [2.45, 2.75) is 57.2 Å². The number of carboxylic acid groups (broad SMARTS) is 1. The van der Waals surface area contributed by atoms with E-state index in [1.54, 1.807) is 4.90 Å². The van der Waals surface area contributed by atoms with Gasteiger partial charge in [-0.3, -0.25) is 4.79 Å². The van der Waals surface area contributed by atoms with Crippen LogP contribution in [0.5, 0.6) is 0 Å². The van der Waals surface area contributed by atoms with Gasteiger partial charge in [0.2, 0.25) is 0 Å². The maximum atomic E-state index is 13.0. The molecule has 2 amide bonds. The zero-order valence-corrected chi connectivity index (χ0v) is 19.6. The van der Waals surface area contributed by atoms with Gasteiger partial charge in [0.25, 0.3) is 0 Å². The summed E-state index contributed by atoms with van der Waals surface area (Å²) in [5, 5.41) is 11.6. The van der Waals surface area contributed by atoms with Crippen molar-refractivity contribution in [3.8, 4) is 0 Å². The van der Waals surface area contributed by atoms with Crippen LogP contribution in [-0.2, 0) is 11.0 Å². The largest absolute Gasteiger partial charge is 0.481 e. The second kappa shape index (κ2) is 12.5. The molecule has 2 aromatic rings. The number of nitrogens with zero attached hydrogens (tertiary/aromatic N) is 2. The molecule has 0 unspecified atom stereocenters. The number of halogens is 3. The van der Waals surface area contributed by atoms with E-state index in [2.05, 4.69) is 10.2 Å². The lowest BCUT2D eigenvalue weighted by atomic mass is 10.0. The average Bonchev–Trinajstić information content (AvgIpc) is 2.84. The third-order valence-electron chi connectivity index (χ3n) is 6.22. The Morgan fingerprint density at radius 3 is 2.11 bits per heavy atom. The molecule has 0 aromatic heterocycles. The van der Waals surface area contributed by atoms with Crippen molar-refractivity contribution in [2.75, 3.05) is 24.5 Å². The minimum absolute atomic E-state index is 0.0485. The number of nitrogens with one attached hydrogen (secondary N) is 1. The summed E-state index contributed by atoms with van der Waals surface area (Å²) in [5.41, 5.74) is 0.913. The van der Waals surface area contributed by atoms with Gasteiger partial charge in [0.1, 0.15) is 0 Å². The van der Waals surface area contributed by atoms with Gasteiger partial charge < -0.3 is 20.2 Å². The average molecular weight is 492 g/mol. The van der Waals surface area contributed by atoms with E-state index in [0.717, 1.165) is 37.1 Å². The normalized spacial score (nSPS) is 14.5. The van der Waals surface area contributed by atoms with Crippen LogP contribution in [0.15, 0.2) is 54.6 Å². The lowest BCUT2D eigenvalue weighted by molar-refractivity contribution is -0.138. The molecule has 0 atom stereocenters. The number of benzene rings is 2. The van der Waals surface area contributed by atoms with E-state index in [1.807, 2.05) is 30.3 Å². The van der Waals surface area contributed by atoms with Crippen LogP contribution in [-0.4, -0.2) is 47.7 Å². The van der Waals surface area contributed by atoms with Gasteiger partial charge in [0.15, 0.2) is 0 Å². The molecule has 2 aromatic carbocycles. The highest BCUT2D eigenvalue weighted by atomic mass is 19.4. The molecule has 35 heavy (non-hydrogen) atoms. The topological polar surface area (TPSA) is 72.9 Å². The first kappa shape index (κ1) is 26.4. The molecule has 3 rings (SSSR count). The van der Waals surface area contributed by atoms with Crippen LogP contribution in [0.1, 0.15) is 50.5 Å².